The summed E-state index contributed by atoms with van der Waals surface area (Å²) in [5, 5.41) is 4.21. The molecule has 0 N–H and O–H groups in total. The number of carbonyl (C=O) groups excluding carboxylic acids is 2. The largest absolute Gasteiger partial charge is 0.466 e. The number of imide groups is 1. The molecular formula is C17H13BrN6O3. The van der Waals surface area contributed by atoms with Gasteiger partial charge in [-0.05, 0) is 35.0 Å². The van der Waals surface area contributed by atoms with Gasteiger partial charge in [-0.1, -0.05) is 12.1 Å². The number of rotatable bonds is 4. The highest BCUT2D eigenvalue weighted by Gasteiger charge is 2.40. The minimum Gasteiger partial charge on any atom is -0.466 e. The zero-order valence-electron chi connectivity index (χ0n) is 14.3. The number of carbonyl (C=O) groups is 2. The Bertz CT molecular complexity index is 1010. The van der Waals surface area contributed by atoms with Crippen LogP contribution in [0, 0.1) is 0 Å². The number of amides is 2. The fraction of sp³-hybridized carbons (Fsp3) is 0.176. The van der Waals surface area contributed by atoms with Crippen molar-refractivity contribution in [2.75, 3.05) is 7.11 Å². The van der Waals surface area contributed by atoms with E-state index in [1.54, 1.807) is 43.6 Å². The molecule has 2 amide bonds. The zero-order valence-corrected chi connectivity index (χ0v) is 15.9. The van der Waals surface area contributed by atoms with Crippen molar-refractivity contribution in [3.8, 4) is 12.0 Å². The fourth-order valence-corrected chi connectivity index (χ4v) is 3.10. The molecule has 1 aliphatic heterocycles. The molecular weight excluding hydrogens is 416 g/mol. The van der Waals surface area contributed by atoms with E-state index in [0.29, 0.717) is 21.4 Å². The molecule has 0 radical (unpaired) electrons. The normalized spacial score (nSPS) is 14.4. The number of methoxy groups -OCH3 is 1. The Morgan fingerprint density at radius 1 is 1.07 bits per heavy atom. The van der Waals surface area contributed by atoms with Crippen LogP contribution in [-0.2, 0) is 0 Å². The summed E-state index contributed by atoms with van der Waals surface area (Å²) in [7, 11) is 1.43. The second-order valence-electron chi connectivity index (χ2n) is 5.77. The van der Waals surface area contributed by atoms with Crippen LogP contribution in [0.2, 0.25) is 0 Å². The predicted molar refractivity (Wildman–Crippen MR) is 96.6 cm³/mol. The van der Waals surface area contributed by atoms with Crippen molar-refractivity contribution in [3.05, 3.63) is 58.1 Å². The second-order valence-corrected chi connectivity index (χ2v) is 6.69. The number of benzene rings is 1. The molecule has 27 heavy (non-hydrogen) atoms. The first-order valence-corrected chi connectivity index (χ1v) is 8.76. The van der Waals surface area contributed by atoms with Gasteiger partial charge >= 0.3 is 6.01 Å². The fourth-order valence-electron chi connectivity index (χ4n) is 2.90. The van der Waals surface area contributed by atoms with E-state index in [0.717, 1.165) is 4.90 Å². The summed E-state index contributed by atoms with van der Waals surface area (Å²) in [4.78, 5) is 39.4. The molecule has 136 valence electrons. The van der Waals surface area contributed by atoms with Gasteiger partial charge in [0.25, 0.3) is 17.8 Å². The molecule has 0 aliphatic carbocycles. The lowest BCUT2D eigenvalue weighted by molar-refractivity contribution is 0.0587. The molecule has 0 spiro atoms. The Balaban J connectivity index is 1.78. The lowest BCUT2D eigenvalue weighted by Gasteiger charge is -2.21. The minimum atomic E-state index is -0.707. The van der Waals surface area contributed by atoms with E-state index in [-0.39, 0.29) is 23.8 Å². The van der Waals surface area contributed by atoms with Crippen molar-refractivity contribution in [3.63, 3.8) is 0 Å². The first-order chi connectivity index (χ1) is 13.0. The number of hydrogen-bond donors (Lipinski definition) is 0. The maximum absolute atomic E-state index is 12.8. The minimum absolute atomic E-state index is 0.0833. The number of aromatic nitrogens is 5. The van der Waals surface area contributed by atoms with Gasteiger partial charge in [-0.15, -0.1) is 5.10 Å². The van der Waals surface area contributed by atoms with Gasteiger partial charge in [0.1, 0.15) is 0 Å². The highest BCUT2D eigenvalue weighted by Crippen LogP contribution is 2.31. The average Bonchev–Trinajstić information content (AvgIpc) is 3.22. The average molecular weight is 429 g/mol. The van der Waals surface area contributed by atoms with E-state index in [9.17, 15) is 9.59 Å². The molecule has 1 atom stereocenters. The molecule has 0 saturated heterocycles. The number of halogens is 1. The molecule has 0 bridgehead atoms. The standard InChI is InChI=1S/C17H13BrN6O3/c1-9(23-14(25)11-5-3-4-6-12(11)15(23)26)13-21-17(27-2)22-24(13)16-19-7-10(18)8-20-16/h3-9H,1-2H3/t9-/m0/s1. The summed E-state index contributed by atoms with van der Waals surface area (Å²) in [6, 6.07) is 6.08. The van der Waals surface area contributed by atoms with Gasteiger partial charge in [0.15, 0.2) is 5.82 Å². The van der Waals surface area contributed by atoms with Crippen LogP contribution < -0.4 is 4.74 Å². The molecule has 3 aromatic rings. The van der Waals surface area contributed by atoms with Crippen molar-refractivity contribution < 1.29 is 14.3 Å². The maximum Gasteiger partial charge on any atom is 0.335 e. The molecule has 0 saturated carbocycles. The molecule has 1 aliphatic rings. The Hall–Kier alpha value is -3.14. The Kier molecular flexibility index (Phi) is 4.19. The molecule has 4 rings (SSSR count). The van der Waals surface area contributed by atoms with Crippen molar-refractivity contribution in [2.45, 2.75) is 13.0 Å². The molecule has 10 heteroatoms. The lowest BCUT2D eigenvalue weighted by atomic mass is 10.1. The third kappa shape index (κ3) is 2.78. The predicted octanol–water partition coefficient (Wildman–Crippen LogP) is 2.19. The summed E-state index contributed by atoms with van der Waals surface area (Å²) in [6.07, 6.45) is 3.12. The van der Waals surface area contributed by atoms with E-state index < -0.39 is 6.04 Å². The van der Waals surface area contributed by atoms with Gasteiger partial charge in [-0.25, -0.2) is 9.97 Å². The van der Waals surface area contributed by atoms with Crippen LogP contribution >= 0.6 is 15.9 Å². The van der Waals surface area contributed by atoms with E-state index in [4.69, 9.17) is 4.74 Å². The molecule has 0 fully saturated rings. The van der Waals surface area contributed by atoms with Crippen molar-refractivity contribution in [1.82, 2.24) is 29.6 Å². The zero-order chi connectivity index (χ0) is 19.1. The number of fused-ring (bicyclic) bond motifs is 1. The first kappa shape index (κ1) is 17.3. The highest BCUT2D eigenvalue weighted by molar-refractivity contribution is 9.10. The van der Waals surface area contributed by atoms with Gasteiger partial charge < -0.3 is 4.74 Å². The van der Waals surface area contributed by atoms with Crippen LogP contribution in [0.5, 0.6) is 6.01 Å². The number of ether oxygens (including phenoxy) is 1. The second kappa shape index (κ2) is 6.54. The molecule has 3 heterocycles. The SMILES string of the molecule is COc1nc([C@H](C)N2C(=O)c3ccccc3C2=O)n(-c2ncc(Br)cn2)n1. The quantitative estimate of drug-likeness (QED) is 0.586. The van der Waals surface area contributed by atoms with Crippen molar-refractivity contribution >= 4 is 27.7 Å². The van der Waals surface area contributed by atoms with Crippen LogP contribution in [0.3, 0.4) is 0 Å². The van der Waals surface area contributed by atoms with E-state index in [1.807, 2.05) is 0 Å². The first-order valence-electron chi connectivity index (χ1n) is 7.97. The Morgan fingerprint density at radius 3 is 2.22 bits per heavy atom. The van der Waals surface area contributed by atoms with Crippen LogP contribution in [0.4, 0.5) is 0 Å². The Labute approximate surface area is 162 Å². The van der Waals surface area contributed by atoms with Crippen LogP contribution in [-0.4, -0.2) is 48.6 Å². The van der Waals surface area contributed by atoms with Gasteiger partial charge in [-0.2, -0.15) is 9.67 Å². The monoisotopic (exact) mass is 428 g/mol. The lowest BCUT2D eigenvalue weighted by Crippen LogP contribution is -2.34. The molecule has 2 aromatic heterocycles. The van der Waals surface area contributed by atoms with Crippen molar-refractivity contribution in [1.29, 1.82) is 0 Å². The van der Waals surface area contributed by atoms with E-state index >= 15 is 0 Å². The van der Waals surface area contributed by atoms with Gasteiger partial charge in [0.2, 0.25) is 0 Å². The van der Waals surface area contributed by atoms with Crippen molar-refractivity contribution in [2.24, 2.45) is 0 Å². The van der Waals surface area contributed by atoms with Gasteiger partial charge in [0.05, 0.1) is 28.8 Å². The summed E-state index contributed by atoms with van der Waals surface area (Å²) >= 11 is 3.28. The van der Waals surface area contributed by atoms with Crippen LogP contribution in [0.1, 0.15) is 39.5 Å². The topological polar surface area (TPSA) is 103 Å². The van der Waals surface area contributed by atoms with Gasteiger partial charge in [-0.3, -0.25) is 14.5 Å². The number of hydrogen-bond acceptors (Lipinski definition) is 7. The van der Waals surface area contributed by atoms with Gasteiger partial charge in [0, 0.05) is 12.4 Å². The Morgan fingerprint density at radius 2 is 1.67 bits per heavy atom. The summed E-state index contributed by atoms with van der Waals surface area (Å²) in [5.41, 5.74) is 0.736. The molecule has 0 unspecified atom stereocenters. The van der Waals surface area contributed by atoms with E-state index in [1.165, 1.54) is 11.8 Å². The third-order valence-corrected chi connectivity index (χ3v) is 4.59. The number of nitrogens with zero attached hydrogens (tertiary/aromatic N) is 6. The summed E-state index contributed by atoms with van der Waals surface area (Å²) < 4.78 is 7.18. The highest BCUT2D eigenvalue weighted by atomic mass is 79.9. The third-order valence-electron chi connectivity index (χ3n) is 4.18. The van der Waals surface area contributed by atoms with Crippen LogP contribution in [0.25, 0.3) is 5.95 Å². The van der Waals surface area contributed by atoms with E-state index in [2.05, 4.69) is 36.0 Å². The smallest absolute Gasteiger partial charge is 0.335 e. The van der Waals surface area contributed by atoms with Crippen LogP contribution in [0.15, 0.2) is 41.1 Å². The molecule has 1 aromatic carbocycles. The molecule has 9 nitrogen and oxygen atoms in total. The summed E-state index contributed by atoms with van der Waals surface area (Å²) in [6.45, 7) is 1.69. The maximum atomic E-state index is 12.8. The summed E-state index contributed by atoms with van der Waals surface area (Å²) in [5.74, 6) is -0.210.